The second-order valence-corrected chi connectivity index (χ2v) is 28.7. The van der Waals surface area contributed by atoms with E-state index in [0.29, 0.717) is 43.4 Å². The van der Waals surface area contributed by atoms with Crippen LogP contribution in [0.5, 0.6) is 0 Å². The van der Waals surface area contributed by atoms with Gasteiger partial charge in [-0.25, -0.2) is 9.13 Å². The number of esters is 4. The summed E-state index contributed by atoms with van der Waals surface area (Å²) in [5.74, 6) is 0.688. The molecular formula is C66H128O17P2. The first-order chi connectivity index (χ1) is 40.6. The third-order valence-corrected chi connectivity index (χ3v) is 17.0. The number of ether oxygens (including phenoxy) is 4. The summed E-state index contributed by atoms with van der Waals surface area (Å²) in [5, 5.41) is 10.5. The number of rotatable bonds is 63. The average Bonchev–Trinajstić information content (AvgIpc) is 3.64. The Morgan fingerprint density at radius 1 is 0.294 bits per heavy atom. The molecule has 0 rings (SSSR count). The molecule has 0 aromatic rings. The molecule has 85 heavy (non-hydrogen) atoms. The van der Waals surface area contributed by atoms with Crippen LogP contribution < -0.4 is 0 Å². The summed E-state index contributed by atoms with van der Waals surface area (Å²) < 4.78 is 68.0. The Labute approximate surface area is 517 Å². The van der Waals surface area contributed by atoms with Gasteiger partial charge in [0.05, 0.1) is 26.4 Å². The quantitative estimate of drug-likeness (QED) is 0.0222. The molecule has 0 spiro atoms. The lowest BCUT2D eigenvalue weighted by Gasteiger charge is -2.21. The first kappa shape index (κ1) is 83.1. The van der Waals surface area contributed by atoms with Gasteiger partial charge >= 0.3 is 39.5 Å². The van der Waals surface area contributed by atoms with Crippen LogP contribution in [0.3, 0.4) is 0 Å². The lowest BCUT2D eigenvalue weighted by molar-refractivity contribution is -0.161. The molecule has 3 unspecified atom stereocenters. The van der Waals surface area contributed by atoms with Gasteiger partial charge in [-0.05, 0) is 49.4 Å². The van der Waals surface area contributed by atoms with Crippen molar-refractivity contribution in [3.8, 4) is 0 Å². The van der Waals surface area contributed by atoms with Crippen LogP contribution in [0, 0.1) is 23.7 Å². The molecule has 0 aliphatic rings. The lowest BCUT2D eigenvalue weighted by atomic mass is 10.0. The number of aliphatic hydroxyl groups is 1. The predicted molar refractivity (Wildman–Crippen MR) is 340 cm³/mol. The smallest absolute Gasteiger partial charge is 0.462 e. The van der Waals surface area contributed by atoms with Gasteiger partial charge in [0.1, 0.15) is 19.3 Å². The Morgan fingerprint density at radius 3 is 0.729 bits per heavy atom. The van der Waals surface area contributed by atoms with Crippen LogP contribution in [0.2, 0.25) is 0 Å². The van der Waals surface area contributed by atoms with Crippen LogP contribution >= 0.6 is 15.6 Å². The molecule has 0 fully saturated rings. The Morgan fingerprint density at radius 2 is 0.494 bits per heavy atom. The molecule has 0 aliphatic carbocycles. The van der Waals surface area contributed by atoms with Gasteiger partial charge in [0.25, 0.3) is 0 Å². The first-order valence-electron chi connectivity index (χ1n) is 34.2. The van der Waals surface area contributed by atoms with E-state index in [1.54, 1.807) is 0 Å². The van der Waals surface area contributed by atoms with Crippen LogP contribution in [0.4, 0.5) is 0 Å². The Kier molecular flexibility index (Phi) is 54.8. The summed E-state index contributed by atoms with van der Waals surface area (Å²) >= 11 is 0. The number of hydrogen-bond donors (Lipinski definition) is 3. The highest BCUT2D eigenvalue weighted by molar-refractivity contribution is 7.47. The predicted octanol–water partition coefficient (Wildman–Crippen LogP) is 18.1. The van der Waals surface area contributed by atoms with Crippen LogP contribution in [-0.4, -0.2) is 96.7 Å². The molecule has 0 amide bonds. The summed E-state index contributed by atoms with van der Waals surface area (Å²) in [7, 11) is -9.89. The van der Waals surface area contributed by atoms with E-state index in [4.69, 9.17) is 37.0 Å². The van der Waals surface area contributed by atoms with Crippen molar-refractivity contribution in [2.24, 2.45) is 23.7 Å². The van der Waals surface area contributed by atoms with Gasteiger partial charge in [0, 0.05) is 25.7 Å². The molecule has 5 atom stereocenters. The topological polar surface area (TPSA) is 237 Å². The van der Waals surface area contributed by atoms with E-state index >= 15 is 0 Å². The summed E-state index contributed by atoms with van der Waals surface area (Å²) in [6, 6.07) is 0. The zero-order chi connectivity index (χ0) is 63.2. The van der Waals surface area contributed by atoms with Crippen molar-refractivity contribution in [2.45, 2.75) is 337 Å². The minimum Gasteiger partial charge on any atom is -0.462 e. The molecule has 0 bridgehead atoms. The van der Waals surface area contributed by atoms with Gasteiger partial charge in [-0.1, -0.05) is 267 Å². The molecule has 504 valence electrons. The van der Waals surface area contributed by atoms with E-state index in [0.717, 1.165) is 109 Å². The number of phosphoric ester groups is 2. The van der Waals surface area contributed by atoms with Gasteiger partial charge in [0.15, 0.2) is 12.2 Å². The molecular weight excluding hydrogens is 1130 g/mol. The van der Waals surface area contributed by atoms with Gasteiger partial charge in [0.2, 0.25) is 0 Å². The molecule has 0 aromatic heterocycles. The van der Waals surface area contributed by atoms with Crippen LogP contribution in [0.1, 0.15) is 319 Å². The van der Waals surface area contributed by atoms with Crippen molar-refractivity contribution in [2.75, 3.05) is 39.6 Å². The highest BCUT2D eigenvalue weighted by Gasteiger charge is 2.30. The fourth-order valence-electron chi connectivity index (χ4n) is 9.78. The van der Waals surface area contributed by atoms with Crippen molar-refractivity contribution in [3.05, 3.63) is 0 Å². The van der Waals surface area contributed by atoms with Gasteiger partial charge in [-0.3, -0.25) is 37.3 Å². The normalized spacial score (nSPS) is 14.4. The highest BCUT2D eigenvalue weighted by atomic mass is 31.2. The van der Waals surface area contributed by atoms with Crippen molar-refractivity contribution in [1.29, 1.82) is 0 Å². The molecule has 17 nitrogen and oxygen atoms in total. The maximum absolute atomic E-state index is 13.0. The number of phosphoric acid groups is 2. The second-order valence-electron chi connectivity index (χ2n) is 25.8. The molecule has 3 N–H and O–H groups in total. The molecule has 0 heterocycles. The zero-order valence-electron chi connectivity index (χ0n) is 55.2. The minimum absolute atomic E-state index is 0.100. The third-order valence-electron chi connectivity index (χ3n) is 15.1. The fraction of sp³-hybridized carbons (Fsp3) is 0.939. The van der Waals surface area contributed by atoms with E-state index in [-0.39, 0.29) is 25.7 Å². The number of aliphatic hydroxyl groups excluding tert-OH is 1. The summed E-state index contributed by atoms with van der Waals surface area (Å²) in [5.41, 5.74) is 0. The second kappa shape index (κ2) is 56.1. The Balaban J connectivity index is 5.17. The summed E-state index contributed by atoms with van der Waals surface area (Å²) in [4.78, 5) is 72.2. The van der Waals surface area contributed by atoms with Crippen LogP contribution in [-0.2, 0) is 65.4 Å². The van der Waals surface area contributed by atoms with Crippen molar-refractivity contribution >= 4 is 39.5 Å². The van der Waals surface area contributed by atoms with Gasteiger partial charge in [-0.2, -0.15) is 0 Å². The van der Waals surface area contributed by atoms with E-state index < -0.39 is 97.5 Å². The number of carbonyl (C=O) groups is 4. The largest absolute Gasteiger partial charge is 0.472 e. The number of carbonyl (C=O) groups excluding carboxylic acids is 4. The maximum atomic E-state index is 13.0. The van der Waals surface area contributed by atoms with E-state index in [1.165, 1.54) is 109 Å². The van der Waals surface area contributed by atoms with E-state index in [9.17, 15) is 43.2 Å². The molecule has 0 aromatic carbocycles. The van der Waals surface area contributed by atoms with Gasteiger partial charge in [-0.15, -0.1) is 0 Å². The SMILES string of the molecule is CC(C)CCCCCCCCCCCCCCCCCC(=O)O[C@H](COC(=O)CCCCCCCCC(C)C)COP(=O)(O)OCC(O)COP(=O)(O)OC[C@@H](COC(=O)CCCCCCCCC(C)C)OC(=O)CCCCCCCCC(C)C. The number of unbranched alkanes of at least 4 members (excludes halogenated alkanes) is 29. The van der Waals surface area contributed by atoms with Crippen LogP contribution in [0.25, 0.3) is 0 Å². The molecule has 0 saturated heterocycles. The molecule has 0 aliphatic heterocycles. The minimum atomic E-state index is -4.95. The van der Waals surface area contributed by atoms with E-state index in [2.05, 4.69) is 55.4 Å². The highest BCUT2D eigenvalue weighted by Crippen LogP contribution is 2.45. The maximum Gasteiger partial charge on any atom is 0.472 e. The van der Waals surface area contributed by atoms with Crippen molar-refractivity contribution < 1.29 is 80.2 Å². The van der Waals surface area contributed by atoms with Gasteiger partial charge < -0.3 is 33.8 Å². The third kappa shape index (κ3) is 60.7. The standard InChI is InChI=1S/C66H128O17P2/c1-56(2)42-34-26-18-16-14-12-10-9-11-13-15-17-19-32-40-48-65(70)82-61(52-76-63(68)46-38-30-23-20-27-35-43-57(3)4)54-80-84(72,73)78-50-60(67)51-79-85(74,75)81-55-62(83-66(71)49-41-33-25-22-29-37-45-59(7)8)53-77-64(69)47-39-31-24-21-28-36-44-58(5)6/h56-62,67H,9-55H2,1-8H3,(H,72,73)(H,74,75)/t60?,61-,62-/m1/s1. The first-order valence-corrected chi connectivity index (χ1v) is 37.2. The monoisotopic (exact) mass is 1250 g/mol. The van der Waals surface area contributed by atoms with Crippen molar-refractivity contribution in [1.82, 2.24) is 0 Å². The summed E-state index contributed by atoms with van der Waals surface area (Å²) in [6.45, 7) is 13.9. The fourth-order valence-corrected chi connectivity index (χ4v) is 11.4. The van der Waals surface area contributed by atoms with Crippen LogP contribution in [0.15, 0.2) is 0 Å². The zero-order valence-corrected chi connectivity index (χ0v) is 57.0. The Hall–Kier alpha value is -1.94. The number of hydrogen-bond acceptors (Lipinski definition) is 15. The molecule has 0 radical (unpaired) electrons. The molecule has 0 saturated carbocycles. The molecule has 19 heteroatoms. The Bertz CT molecular complexity index is 1700. The van der Waals surface area contributed by atoms with Crippen molar-refractivity contribution in [3.63, 3.8) is 0 Å². The summed E-state index contributed by atoms with van der Waals surface area (Å²) in [6.07, 6.45) is 36.8. The average molecular weight is 1260 g/mol. The van der Waals surface area contributed by atoms with E-state index in [1.807, 2.05) is 0 Å². The lowest BCUT2D eigenvalue weighted by Crippen LogP contribution is -2.30.